The van der Waals surface area contributed by atoms with Gasteiger partial charge >= 0.3 is 0 Å². The summed E-state index contributed by atoms with van der Waals surface area (Å²) in [6, 6.07) is 19.9. The Hall–Kier alpha value is -1.71. The van der Waals surface area contributed by atoms with Crippen molar-refractivity contribution in [1.29, 1.82) is 0 Å². The quantitative estimate of drug-likeness (QED) is 0.437. The Morgan fingerprint density at radius 1 is 1.00 bits per heavy atom. The molecule has 92 valence electrons. The van der Waals surface area contributed by atoms with E-state index >= 15 is 0 Å². The number of rotatable bonds is 6. The van der Waals surface area contributed by atoms with E-state index in [4.69, 9.17) is 4.84 Å². The van der Waals surface area contributed by atoms with Gasteiger partial charge in [-0.1, -0.05) is 46.9 Å². The van der Waals surface area contributed by atoms with E-state index in [0.29, 0.717) is 6.54 Å². The Labute approximate surface area is 112 Å². The zero-order valence-electron chi connectivity index (χ0n) is 10.0. The normalized spacial score (nSPS) is 10.3. The number of para-hydroxylation sites is 1. The average molecular weight is 257 g/mol. The Balaban J connectivity index is 2.02. The predicted molar refractivity (Wildman–Crippen MR) is 76.3 cm³/mol. The van der Waals surface area contributed by atoms with Gasteiger partial charge in [-0.05, 0) is 36.2 Å². The second-order valence-corrected chi connectivity index (χ2v) is 4.67. The van der Waals surface area contributed by atoms with Crippen molar-refractivity contribution >= 4 is 11.9 Å². The van der Waals surface area contributed by atoms with E-state index in [1.165, 1.54) is 0 Å². The molecule has 0 radical (unpaired) electrons. The summed E-state index contributed by atoms with van der Waals surface area (Å²) in [5.74, 6) is 0.822. The molecule has 18 heavy (non-hydrogen) atoms. The molecule has 0 unspecified atom stereocenters. The smallest absolute Gasteiger partial charge is 0.148 e. The Kier molecular flexibility index (Phi) is 4.88. The third kappa shape index (κ3) is 3.95. The van der Waals surface area contributed by atoms with Crippen molar-refractivity contribution in [2.24, 2.45) is 0 Å². The SMILES string of the molecule is C=CCN(Oc1ccccc1)Sc1ccccc1. The Morgan fingerprint density at radius 3 is 2.22 bits per heavy atom. The maximum atomic E-state index is 5.78. The van der Waals surface area contributed by atoms with Crippen molar-refractivity contribution in [2.45, 2.75) is 4.90 Å². The summed E-state index contributed by atoms with van der Waals surface area (Å²) in [7, 11) is 0. The van der Waals surface area contributed by atoms with Crippen LogP contribution in [0.3, 0.4) is 0 Å². The van der Waals surface area contributed by atoms with Gasteiger partial charge in [0.25, 0.3) is 0 Å². The molecule has 0 amide bonds. The third-order valence-corrected chi connectivity index (χ3v) is 3.09. The van der Waals surface area contributed by atoms with Gasteiger partial charge in [-0.15, -0.1) is 6.58 Å². The lowest BCUT2D eigenvalue weighted by Crippen LogP contribution is -2.19. The van der Waals surface area contributed by atoms with Gasteiger partial charge in [-0.25, -0.2) is 0 Å². The predicted octanol–water partition coefficient (Wildman–Crippen LogP) is 4.18. The molecule has 0 saturated carbocycles. The van der Waals surface area contributed by atoms with Gasteiger partial charge in [-0.3, -0.25) is 0 Å². The molecule has 0 heterocycles. The Bertz CT molecular complexity index is 431. The molecule has 2 nitrogen and oxygen atoms in total. The summed E-state index contributed by atoms with van der Waals surface area (Å²) < 4.78 is 1.80. The maximum Gasteiger partial charge on any atom is 0.148 e. The summed E-state index contributed by atoms with van der Waals surface area (Å²) in [5.41, 5.74) is 0. The second kappa shape index (κ2) is 6.89. The van der Waals surface area contributed by atoms with Crippen LogP contribution in [-0.4, -0.2) is 11.0 Å². The van der Waals surface area contributed by atoms with Gasteiger partial charge in [0.2, 0.25) is 0 Å². The summed E-state index contributed by atoms with van der Waals surface area (Å²) in [5, 5.41) is 0. The van der Waals surface area contributed by atoms with E-state index in [0.717, 1.165) is 10.6 Å². The zero-order chi connectivity index (χ0) is 12.6. The van der Waals surface area contributed by atoms with Gasteiger partial charge in [-0.2, -0.15) is 0 Å². The largest absolute Gasteiger partial charge is 0.395 e. The highest BCUT2D eigenvalue weighted by molar-refractivity contribution is 7.97. The molecule has 0 N–H and O–H groups in total. The van der Waals surface area contributed by atoms with Crippen molar-refractivity contribution in [3.63, 3.8) is 0 Å². The molecule has 2 aromatic rings. The third-order valence-electron chi connectivity index (χ3n) is 2.18. The number of hydrogen-bond donors (Lipinski definition) is 0. The standard InChI is InChI=1S/C15H15NOS/c1-2-13-16(17-14-9-5-3-6-10-14)18-15-11-7-4-8-12-15/h2-12H,1,13H2. The van der Waals surface area contributed by atoms with E-state index in [1.54, 1.807) is 16.4 Å². The highest BCUT2D eigenvalue weighted by Crippen LogP contribution is 2.24. The fourth-order valence-electron chi connectivity index (χ4n) is 1.40. The molecule has 0 atom stereocenters. The molecule has 0 aliphatic rings. The van der Waals surface area contributed by atoms with Gasteiger partial charge in [0.15, 0.2) is 0 Å². The topological polar surface area (TPSA) is 12.5 Å². The minimum Gasteiger partial charge on any atom is -0.395 e. The fourth-order valence-corrected chi connectivity index (χ4v) is 2.21. The molecule has 0 saturated heterocycles. The maximum absolute atomic E-state index is 5.78. The first-order valence-corrected chi connectivity index (χ1v) is 6.50. The summed E-state index contributed by atoms with van der Waals surface area (Å²) in [4.78, 5) is 6.92. The van der Waals surface area contributed by atoms with Crippen LogP contribution in [-0.2, 0) is 0 Å². The van der Waals surface area contributed by atoms with E-state index in [2.05, 4.69) is 18.7 Å². The van der Waals surface area contributed by atoms with E-state index in [9.17, 15) is 0 Å². The first-order chi connectivity index (χ1) is 8.88. The van der Waals surface area contributed by atoms with Crippen LogP contribution in [0.25, 0.3) is 0 Å². The average Bonchev–Trinajstić information content (AvgIpc) is 2.41. The number of hydroxylamine groups is 1. The highest BCUT2D eigenvalue weighted by atomic mass is 32.2. The van der Waals surface area contributed by atoms with E-state index in [-0.39, 0.29) is 0 Å². The molecule has 2 rings (SSSR count). The molecule has 3 heteroatoms. The lowest BCUT2D eigenvalue weighted by atomic mass is 10.3. The first-order valence-electron chi connectivity index (χ1n) is 5.73. The minimum atomic E-state index is 0.647. The molecule has 0 fully saturated rings. The molecule has 0 bridgehead atoms. The highest BCUT2D eigenvalue weighted by Gasteiger charge is 2.07. The van der Waals surface area contributed by atoms with Crippen LogP contribution in [0.2, 0.25) is 0 Å². The number of nitrogens with zero attached hydrogens (tertiary/aromatic N) is 1. The molecule has 0 spiro atoms. The molecule has 0 aromatic heterocycles. The monoisotopic (exact) mass is 257 g/mol. The van der Waals surface area contributed by atoms with Gasteiger partial charge in [0.05, 0.1) is 6.54 Å². The van der Waals surface area contributed by atoms with Crippen LogP contribution in [0.15, 0.2) is 78.2 Å². The lowest BCUT2D eigenvalue weighted by Gasteiger charge is -2.19. The van der Waals surface area contributed by atoms with Crippen LogP contribution < -0.4 is 4.84 Å². The van der Waals surface area contributed by atoms with E-state index < -0.39 is 0 Å². The zero-order valence-corrected chi connectivity index (χ0v) is 10.8. The van der Waals surface area contributed by atoms with Crippen molar-refractivity contribution in [3.8, 4) is 5.75 Å². The van der Waals surface area contributed by atoms with Gasteiger partial charge in [0, 0.05) is 4.90 Å². The van der Waals surface area contributed by atoms with Crippen LogP contribution in [0, 0.1) is 0 Å². The van der Waals surface area contributed by atoms with Crippen LogP contribution in [0.1, 0.15) is 0 Å². The molecule has 0 aliphatic heterocycles. The number of benzene rings is 2. The molecule has 0 aliphatic carbocycles. The van der Waals surface area contributed by atoms with Crippen molar-refractivity contribution in [2.75, 3.05) is 6.54 Å². The molecular formula is C15H15NOS. The molecular weight excluding hydrogens is 242 g/mol. The van der Waals surface area contributed by atoms with Crippen LogP contribution in [0.5, 0.6) is 5.75 Å². The second-order valence-electron chi connectivity index (χ2n) is 3.61. The van der Waals surface area contributed by atoms with Crippen molar-refractivity contribution in [1.82, 2.24) is 4.47 Å². The molecule has 2 aromatic carbocycles. The van der Waals surface area contributed by atoms with Crippen LogP contribution in [0.4, 0.5) is 0 Å². The van der Waals surface area contributed by atoms with E-state index in [1.807, 2.05) is 54.6 Å². The van der Waals surface area contributed by atoms with Gasteiger partial charge in [0.1, 0.15) is 5.75 Å². The summed E-state index contributed by atoms with van der Waals surface area (Å²) in [6.07, 6.45) is 1.82. The summed E-state index contributed by atoms with van der Waals surface area (Å²) >= 11 is 1.55. The Morgan fingerprint density at radius 2 is 1.61 bits per heavy atom. The summed E-state index contributed by atoms with van der Waals surface area (Å²) in [6.45, 7) is 4.40. The van der Waals surface area contributed by atoms with Crippen molar-refractivity contribution < 1.29 is 4.84 Å². The fraction of sp³-hybridized carbons (Fsp3) is 0.0667. The lowest BCUT2D eigenvalue weighted by molar-refractivity contribution is 0.0628. The van der Waals surface area contributed by atoms with Crippen molar-refractivity contribution in [3.05, 3.63) is 73.3 Å². The number of hydrogen-bond acceptors (Lipinski definition) is 3. The first kappa shape index (κ1) is 12.7. The minimum absolute atomic E-state index is 0.647. The van der Waals surface area contributed by atoms with Crippen LogP contribution >= 0.6 is 11.9 Å². The van der Waals surface area contributed by atoms with Gasteiger partial charge < -0.3 is 4.84 Å².